The largest absolute Gasteiger partial charge is 1.00 e. The second-order valence-electron chi connectivity index (χ2n) is 4.37. The first-order chi connectivity index (χ1) is 9.35. The molecule has 0 aromatic carbocycles. The van der Waals surface area contributed by atoms with Crippen molar-refractivity contribution in [2.45, 2.75) is 29.8 Å². The molecule has 0 heterocycles. The minimum absolute atomic E-state index is 0. The van der Waals surface area contributed by atoms with E-state index in [4.69, 9.17) is 14.4 Å². The minimum Gasteiger partial charge on any atom is -1.00 e. The first kappa shape index (κ1) is 28.6. The second kappa shape index (κ2) is 12.2. The number of hydrogen-bond donors (Lipinski definition) is 2. The monoisotopic (exact) mass is 438 g/mol. The summed E-state index contributed by atoms with van der Waals surface area (Å²) < 4.78 is 38.4. The zero-order chi connectivity index (χ0) is 16.8. The zero-order valence-electron chi connectivity index (χ0n) is 15.2. The fraction of sp³-hybridized carbons (Fsp3) is 0.700. The van der Waals surface area contributed by atoms with Gasteiger partial charge >= 0.3 is 77.0 Å². The van der Waals surface area contributed by atoms with Crippen LogP contribution in [0.3, 0.4) is 0 Å². The number of esters is 2. The number of carboxylic acids is 1. The number of carbonyl (C=O) groups excluding carboxylic acids is 2. The van der Waals surface area contributed by atoms with E-state index in [1.165, 1.54) is 0 Å². The summed E-state index contributed by atoms with van der Waals surface area (Å²) in [6, 6.07) is 0. The van der Waals surface area contributed by atoms with E-state index in [-0.39, 0.29) is 75.2 Å². The number of rotatable bonds is 8. The van der Waals surface area contributed by atoms with Gasteiger partial charge in [0.15, 0.2) is 5.25 Å². The number of aliphatic carboxylic acids is 1. The Morgan fingerprint density at radius 2 is 1.61 bits per heavy atom. The molecule has 0 rings (SSSR count). The van der Waals surface area contributed by atoms with Gasteiger partial charge in [0, 0.05) is 0 Å². The van der Waals surface area contributed by atoms with Crippen LogP contribution in [0.2, 0.25) is 0 Å². The standard InChI is InChI=1S/C10H15BrO9S.2Na.2H/c1-10(2,11)9(15)20-4-3-19-7(12)5-6(8(13)14)21(16,17)18;;;;/h6H,3-5H2,1-2H3,(H,13,14)(H,16,17,18);;;;/q;2*+1;2*-1. The first-order valence-corrected chi connectivity index (χ1v) is 7.86. The van der Waals surface area contributed by atoms with Crippen LogP contribution in [0, 0.1) is 0 Å². The van der Waals surface area contributed by atoms with E-state index in [9.17, 15) is 22.8 Å². The van der Waals surface area contributed by atoms with Crippen LogP contribution in [-0.4, -0.2) is 58.8 Å². The molecule has 0 saturated heterocycles. The van der Waals surface area contributed by atoms with Crippen molar-refractivity contribution in [3.8, 4) is 0 Å². The van der Waals surface area contributed by atoms with Crippen LogP contribution in [0.1, 0.15) is 23.1 Å². The molecule has 0 amide bonds. The van der Waals surface area contributed by atoms with Gasteiger partial charge in [-0.1, -0.05) is 15.9 Å². The van der Waals surface area contributed by atoms with Crippen molar-refractivity contribution in [3.63, 3.8) is 0 Å². The van der Waals surface area contributed by atoms with E-state index in [1.54, 1.807) is 13.8 Å². The number of hydrogen-bond acceptors (Lipinski definition) is 7. The van der Waals surface area contributed by atoms with Crippen molar-refractivity contribution in [2.75, 3.05) is 13.2 Å². The van der Waals surface area contributed by atoms with Crippen LogP contribution in [-0.2, 0) is 34.0 Å². The third kappa shape index (κ3) is 12.8. The summed E-state index contributed by atoms with van der Waals surface area (Å²) in [7, 11) is -4.91. The molecular formula is C10H17BrNa2O9S. The van der Waals surface area contributed by atoms with E-state index in [1.807, 2.05) is 0 Å². The van der Waals surface area contributed by atoms with Crippen molar-refractivity contribution >= 4 is 44.0 Å². The van der Waals surface area contributed by atoms with Crippen LogP contribution in [0.5, 0.6) is 0 Å². The minimum atomic E-state index is -4.91. The molecule has 13 heteroatoms. The van der Waals surface area contributed by atoms with E-state index < -0.39 is 44.0 Å². The molecule has 23 heavy (non-hydrogen) atoms. The first-order valence-electron chi connectivity index (χ1n) is 5.56. The van der Waals surface area contributed by atoms with E-state index in [0.717, 1.165) is 0 Å². The average molecular weight is 439 g/mol. The van der Waals surface area contributed by atoms with Gasteiger partial charge in [-0.2, -0.15) is 8.42 Å². The van der Waals surface area contributed by atoms with E-state index in [0.29, 0.717) is 0 Å². The summed E-state index contributed by atoms with van der Waals surface area (Å²) in [5.74, 6) is -3.63. The topological polar surface area (TPSA) is 144 Å². The van der Waals surface area contributed by atoms with Crippen molar-refractivity contribution in [3.05, 3.63) is 0 Å². The zero-order valence-corrected chi connectivity index (χ0v) is 19.6. The van der Waals surface area contributed by atoms with Crippen LogP contribution in [0.4, 0.5) is 0 Å². The number of halogens is 1. The fourth-order valence-electron chi connectivity index (χ4n) is 0.992. The molecule has 0 saturated carbocycles. The summed E-state index contributed by atoms with van der Waals surface area (Å²) >= 11 is 3.05. The van der Waals surface area contributed by atoms with Gasteiger partial charge in [0.2, 0.25) is 0 Å². The molecule has 0 spiro atoms. The van der Waals surface area contributed by atoms with Gasteiger partial charge in [-0.25, -0.2) is 0 Å². The third-order valence-electron chi connectivity index (χ3n) is 2.05. The van der Waals surface area contributed by atoms with Crippen molar-refractivity contribution in [2.24, 2.45) is 0 Å². The van der Waals surface area contributed by atoms with Crippen LogP contribution < -0.4 is 59.1 Å². The number of carbonyl (C=O) groups is 3. The quantitative estimate of drug-likeness (QED) is 0.124. The van der Waals surface area contributed by atoms with E-state index in [2.05, 4.69) is 20.7 Å². The van der Waals surface area contributed by atoms with Crippen molar-refractivity contribution in [1.82, 2.24) is 0 Å². The smallest absolute Gasteiger partial charge is 1.00 e. The van der Waals surface area contributed by atoms with E-state index >= 15 is 0 Å². The Balaban J connectivity index is -0.000000333. The molecule has 1 unspecified atom stereocenters. The molecule has 0 aromatic heterocycles. The number of alkyl halides is 1. The van der Waals surface area contributed by atoms with Gasteiger partial charge in [-0.3, -0.25) is 18.9 Å². The molecule has 0 aliphatic carbocycles. The average Bonchev–Trinajstić information content (AvgIpc) is 2.28. The predicted molar refractivity (Wildman–Crippen MR) is 74.7 cm³/mol. The Kier molecular flexibility index (Phi) is 15.2. The van der Waals surface area contributed by atoms with Gasteiger partial charge in [-0.05, 0) is 13.8 Å². The molecule has 126 valence electrons. The summed E-state index contributed by atoms with van der Waals surface area (Å²) in [6.45, 7) is 2.45. The molecule has 0 fully saturated rings. The molecular weight excluding hydrogens is 422 g/mol. The van der Waals surface area contributed by atoms with Gasteiger partial charge < -0.3 is 17.4 Å². The molecule has 0 aromatic rings. The summed E-state index contributed by atoms with van der Waals surface area (Å²) in [4.78, 5) is 33.1. The Morgan fingerprint density at radius 1 is 1.17 bits per heavy atom. The maximum Gasteiger partial charge on any atom is 1.00 e. The van der Waals surface area contributed by atoms with Gasteiger partial charge in [0.05, 0.1) is 6.42 Å². The summed E-state index contributed by atoms with van der Waals surface area (Å²) in [5.41, 5.74) is 0. The predicted octanol–water partition coefficient (Wildman–Crippen LogP) is -5.79. The normalized spacial score (nSPS) is 12.2. The van der Waals surface area contributed by atoms with Crippen molar-refractivity contribution in [1.29, 1.82) is 0 Å². The number of carboxylic acid groups (broad SMARTS) is 1. The van der Waals surface area contributed by atoms with Crippen molar-refractivity contribution < 1.29 is 104 Å². The van der Waals surface area contributed by atoms with Gasteiger partial charge in [0.1, 0.15) is 17.5 Å². The third-order valence-corrected chi connectivity index (χ3v) is 3.46. The SMILES string of the molecule is CC(C)(Br)C(=O)OCCOC(=O)CC(C(=O)O)S(=O)(=O)O.[H-].[H-].[Na+].[Na+]. The summed E-state index contributed by atoms with van der Waals surface area (Å²) in [6.07, 6.45) is -1.05. The Bertz CT molecular complexity index is 525. The van der Waals surface area contributed by atoms with Gasteiger partial charge in [0.25, 0.3) is 10.1 Å². The summed E-state index contributed by atoms with van der Waals surface area (Å²) in [5, 5.41) is 6.27. The fourth-order valence-corrected chi connectivity index (χ4v) is 1.71. The Labute approximate surface area is 189 Å². The van der Waals surface area contributed by atoms with Gasteiger partial charge in [-0.15, -0.1) is 0 Å². The molecule has 0 bridgehead atoms. The van der Waals surface area contributed by atoms with Crippen LogP contribution >= 0.6 is 15.9 Å². The Hall–Kier alpha value is 0.800. The molecule has 0 radical (unpaired) electrons. The second-order valence-corrected chi connectivity index (χ2v) is 7.96. The maximum atomic E-state index is 11.3. The molecule has 2 N–H and O–H groups in total. The molecule has 9 nitrogen and oxygen atoms in total. The van der Waals surface area contributed by atoms with Crippen LogP contribution in [0.15, 0.2) is 0 Å². The Morgan fingerprint density at radius 3 is 1.96 bits per heavy atom. The maximum absolute atomic E-state index is 11.3. The number of ether oxygens (including phenoxy) is 2. The molecule has 1 atom stereocenters. The molecule has 0 aliphatic heterocycles. The molecule has 0 aliphatic rings. The van der Waals surface area contributed by atoms with Crippen LogP contribution in [0.25, 0.3) is 0 Å².